The van der Waals surface area contributed by atoms with Gasteiger partial charge in [0, 0.05) is 45.2 Å². The summed E-state index contributed by atoms with van der Waals surface area (Å²) in [6, 6.07) is 0.806. The van der Waals surface area contributed by atoms with Gasteiger partial charge in [0.2, 0.25) is 11.8 Å². The molecule has 1 aromatic rings. The molecule has 0 aliphatic carbocycles. The lowest BCUT2D eigenvalue weighted by atomic mass is 9.97. The Morgan fingerprint density at radius 3 is 2.76 bits per heavy atom. The van der Waals surface area contributed by atoms with Crippen LogP contribution in [0.3, 0.4) is 0 Å². The fraction of sp³-hybridized carbons (Fsp3) is 0.632. The number of carbonyl (C=O) groups is 2. The molecule has 1 aliphatic rings. The summed E-state index contributed by atoms with van der Waals surface area (Å²) < 4.78 is 37.9. The SMILES string of the molecule is CCCC(=O)NCC1CCCN(C(=O)CCNc2ncc(C(F)(F)F)cc2Cl)C1. The number of nitrogens with zero attached hydrogens (tertiary/aromatic N) is 2. The summed E-state index contributed by atoms with van der Waals surface area (Å²) in [4.78, 5) is 29.5. The Labute approximate surface area is 173 Å². The summed E-state index contributed by atoms with van der Waals surface area (Å²) in [6.07, 6.45) is -0.495. The number of anilines is 1. The molecular weight excluding hydrogens is 409 g/mol. The van der Waals surface area contributed by atoms with Gasteiger partial charge < -0.3 is 15.5 Å². The number of aromatic nitrogens is 1. The third-order valence-corrected chi connectivity index (χ3v) is 5.02. The van der Waals surface area contributed by atoms with Crippen molar-refractivity contribution in [2.45, 2.75) is 45.2 Å². The van der Waals surface area contributed by atoms with Crippen LogP contribution in [0.2, 0.25) is 5.02 Å². The molecule has 2 heterocycles. The van der Waals surface area contributed by atoms with Gasteiger partial charge in [0.1, 0.15) is 5.82 Å². The Hall–Kier alpha value is -2.03. The van der Waals surface area contributed by atoms with Crippen molar-refractivity contribution in [2.75, 3.05) is 31.5 Å². The quantitative estimate of drug-likeness (QED) is 0.654. The number of nitrogens with one attached hydrogen (secondary N) is 2. The summed E-state index contributed by atoms with van der Waals surface area (Å²) in [6.45, 7) is 3.97. The summed E-state index contributed by atoms with van der Waals surface area (Å²) in [5, 5.41) is 5.57. The van der Waals surface area contributed by atoms with Crippen molar-refractivity contribution in [1.29, 1.82) is 0 Å². The van der Waals surface area contributed by atoms with Crippen molar-refractivity contribution >= 4 is 29.2 Å². The maximum atomic E-state index is 12.6. The average Bonchev–Trinajstić information content (AvgIpc) is 2.67. The molecule has 10 heteroatoms. The van der Waals surface area contributed by atoms with E-state index in [9.17, 15) is 22.8 Å². The van der Waals surface area contributed by atoms with Crippen LogP contribution in [0, 0.1) is 5.92 Å². The molecule has 0 bridgehead atoms. The minimum absolute atomic E-state index is 0.0288. The number of hydrogen-bond donors (Lipinski definition) is 2. The lowest BCUT2D eigenvalue weighted by Crippen LogP contribution is -2.44. The van der Waals surface area contributed by atoms with E-state index >= 15 is 0 Å². The van der Waals surface area contributed by atoms with E-state index in [2.05, 4.69) is 15.6 Å². The smallest absolute Gasteiger partial charge is 0.368 e. The average molecular weight is 435 g/mol. The van der Waals surface area contributed by atoms with Crippen LogP contribution in [0.5, 0.6) is 0 Å². The molecule has 1 saturated heterocycles. The minimum Gasteiger partial charge on any atom is -0.368 e. The van der Waals surface area contributed by atoms with Crippen LogP contribution >= 0.6 is 11.6 Å². The van der Waals surface area contributed by atoms with E-state index in [-0.39, 0.29) is 41.5 Å². The highest BCUT2D eigenvalue weighted by Crippen LogP contribution is 2.32. The molecule has 1 aromatic heterocycles. The third-order valence-electron chi connectivity index (χ3n) is 4.74. The summed E-state index contributed by atoms with van der Waals surface area (Å²) in [7, 11) is 0. The van der Waals surface area contributed by atoms with Gasteiger partial charge in [-0.05, 0) is 31.2 Å². The van der Waals surface area contributed by atoms with E-state index in [4.69, 9.17) is 11.6 Å². The maximum Gasteiger partial charge on any atom is 0.417 e. The van der Waals surface area contributed by atoms with Crippen molar-refractivity contribution in [3.8, 4) is 0 Å². The first-order chi connectivity index (χ1) is 13.7. The van der Waals surface area contributed by atoms with Gasteiger partial charge in [0.15, 0.2) is 0 Å². The van der Waals surface area contributed by atoms with E-state index in [0.717, 1.165) is 25.3 Å². The van der Waals surface area contributed by atoms with Crippen molar-refractivity contribution in [3.63, 3.8) is 0 Å². The van der Waals surface area contributed by atoms with Gasteiger partial charge in [0.05, 0.1) is 10.6 Å². The van der Waals surface area contributed by atoms with Crippen LogP contribution < -0.4 is 10.6 Å². The zero-order chi connectivity index (χ0) is 21.4. The minimum atomic E-state index is -4.51. The lowest BCUT2D eigenvalue weighted by molar-refractivity contribution is -0.138. The molecule has 1 atom stereocenters. The molecule has 0 aromatic carbocycles. The molecule has 2 rings (SSSR count). The number of alkyl halides is 3. The van der Waals surface area contributed by atoms with Crippen LogP contribution in [-0.4, -0.2) is 47.9 Å². The van der Waals surface area contributed by atoms with Gasteiger partial charge in [-0.25, -0.2) is 4.98 Å². The molecule has 0 spiro atoms. The number of likely N-dealkylation sites (tertiary alicyclic amines) is 1. The summed E-state index contributed by atoms with van der Waals surface area (Å²) >= 11 is 5.85. The Morgan fingerprint density at radius 2 is 2.10 bits per heavy atom. The second-order valence-corrected chi connectivity index (χ2v) is 7.54. The third kappa shape index (κ3) is 7.38. The Balaban J connectivity index is 1.78. The van der Waals surface area contributed by atoms with E-state index in [0.29, 0.717) is 32.3 Å². The van der Waals surface area contributed by atoms with E-state index < -0.39 is 11.7 Å². The van der Waals surface area contributed by atoms with E-state index in [1.807, 2.05) is 6.92 Å². The molecule has 1 aliphatic heterocycles. The first-order valence-electron chi connectivity index (χ1n) is 9.71. The number of pyridine rings is 1. The Bertz CT molecular complexity index is 715. The van der Waals surface area contributed by atoms with Crippen molar-refractivity contribution < 1.29 is 22.8 Å². The number of piperidine rings is 1. The van der Waals surface area contributed by atoms with Crippen LogP contribution in [-0.2, 0) is 15.8 Å². The zero-order valence-corrected chi connectivity index (χ0v) is 17.1. The van der Waals surface area contributed by atoms with Crippen LogP contribution in [0.25, 0.3) is 0 Å². The Morgan fingerprint density at radius 1 is 1.34 bits per heavy atom. The Kier molecular flexibility index (Phi) is 8.55. The van der Waals surface area contributed by atoms with Crippen LogP contribution in [0.4, 0.5) is 19.0 Å². The molecule has 162 valence electrons. The number of rotatable bonds is 8. The predicted octanol–water partition coefficient (Wildman–Crippen LogP) is 3.71. The van der Waals surface area contributed by atoms with Crippen LogP contribution in [0.1, 0.15) is 44.6 Å². The molecule has 0 radical (unpaired) electrons. The summed E-state index contributed by atoms with van der Waals surface area (Å²) in [5.74, 6) is 0.321. The standard InChI is InChI=1S/C19H26ClF3N4O2/c1-2-4-16(28)25-10-13-5-3-8-27(12-13)17(29)6-7-24-18-15(20)9-14(11-26-18)19(21,22)23/h9,11,13H,2-8,10,12H2,1H3,(H,24,26)(H,25,28). The van der Waals surface area contributed by atoms with Gasteiger partial charge in [-0.2, -0.15) is 13.2 Å². The molecule has 0 saturated carbocycles. The van der Waals surface area contributed by atoms with Crippen molar-refractivity contribution in [2.24, 2.45) is 5.92 Å². The van der Waals surface area contributed by atoms with E-state index in [1.54, 1.807) is 4.90 Å². The monoisotopic (exact) mass is 434 g/mol. The fourth-order valence-electron chi connectivity index (χ4n) is 3.20. The molecule has 1 unspecified atom stereocenters. The summed E-state index contributed by atoms with van der Waals surface area (Å²) in [5.41, 5.74) is -0.922. The first-order valence-corrected chi connectivity index (χ1v) is 10.1. The largest absolute Gasteiger partial charge is 0.417 e. The molecule has 29 heavy (non-hydrogen) atoms. The highest BCUT2D eigenvalue weighted by atomic mass is 35.5. The van der Waals surface area contributed by atoms with Gasteiger partial charge in [-0.1, -0.05) is 18.5 Å². The number of halogens is 4. The molecule has 6 nitrogen and oxygen atoms in total. The van der Waals surface area contributed by atoms with Gasteiger partial charge in [-0.15, -0.1) is 0 Å². The number of hydrogen-bond acceptors (Lipinski definition) is 4. The molecular formula is C19H26ClF3N4O2. The topological polar surface area (TPSA) is 74.3 Å². The van der Waals surface area contributed by atoms with Crippen molar-refractivity contribution in [1.82, 2.24) is 15.2 Å². The molecule has 1 fully saturated rings. The fourth-order valence-corrected chi connectivity index (χ4v) is 3.43. The predicted molar refractivity (Wildman–Crippen MR) is 105 cm³/mol. The molecule has 2 N–H and O–H groups in total. The number of amides is 2. The second kappa shape index (κ2) is 10.7. The number of carbonyl (C=O) groups excluding carboxylic acids is 2. The van der Waals surface area contributed by atoms with Crippen molar-refractivity contribution in [3.05, 3.63) is 22.8 Å². The highest BCUT2D eigenvalue weighted by molar-refractivity contribution is 6.32. The van der Waals surface area contributed by atoms with Gasteiger partial charge in [-0.3, -0.25) is 9.59 Å². The van der Waals surface area contributed by atoms with Gasteiger partial charge in [0.25, 0.3) is 0 Å². The maximum absolute atomic E-state index is 12.6. The second-order valence-electron chi connectivity index (χ2n) is 7.13. The first kappa shape index (κ1) is 23.3. The van der Waals surface area contributed by atoms with Gasteiger partial charge >= 0.3 is 6.18 Å². The zero-order valence-electron chi connectivity index (χ0n) is 16.3. The van der Waals surface area contributed by atoms with E-state index in [1.165, 1.54) is 0 Å². The highest BCUT2D eigenvalue weighted by Gasteiger charge is 2.31. The molecule has 2 amide bonds. The normalized spacial score (nSPS) is 17.1. The lowest BCUT2D eigenvalue weighted by Gasteiger charge is -2.33. The van der Waals surface area contributed by atoms with Crippen LogP contribution in [0.15, 0.2) is 12.3 Å².